The molecular formula is C21H20N4O4. The first-order chi connectivity index (χ1) is 14.2. The molecule has 0 radical (unpaired) electrons. The van der Waals surface area contributed by atoms with Gasteiger partial charge in [0.2, 0.25) is 0 Å². The zero-order chi connectivity index (χ0) is 20.2. The minimum atomic E-state index is -0.614. The van der Waals surface area contributed by atoms with Crippen LogP contribution in [-0.4, -0.2) is 44.9 Å². The minimum Gasteiger partial charge on any atom is -0.491 e. The molecule has 1 aliphatic rings. The molecule has 1 atom stereocenters. The van der Waals surface area contributed by atoms with Gasteiger partial charge in [-0.2, -0.15) is 5.10 Å². The lowest BCUT2D eigenvalue weighted by Gasteiger charge is -2.26. The lowest BCUT2D eigenvalue weighted by atomic mass is 10.0. The Kier molecular flexibility index (Phi) is 5.26. The number of carbonyl (C=O) groups excluding carboxylic acids is 2. The highest BCUT2D eigenvalue weighted by atomic mass is 16.5. The number of amides is 2. The van der Waals surface area contributed by atoms with E-state index in [9.17, 15) is 9.59 Å². The van der Waals surface area contributed by atoms with Crippen LogP contribution in [0.2, 0.25) is 0 Å². The van der Waals surface area contributed by atoms with E-state index >= 15 is 0 Å². The van der Waals surface area contributed by atoms with Crippen molar-refractivity contribution < 1.29 is 19.5 Å². The van der Waals surface area contributed by atoms with Crippen molar-refractivity contribution in [2.24, 2.45) is 0 Å². The standard InChI is InChI=1S/C21H20N4O4/c26-20(23-28)16-7-8-17-14-24(11-12-29-18(17)13-16)21(27)19(25-10-4-9-22-25)15-5-2-1-3-6-15/h1-10,13,19,28H,11-12,14H2,(H,23,26). The van der Waals surface area contributed by atoms with Crippen molar-refractivity contribution in [1.29, 1.82) is 0 Å². The van der Waals surface area contributed by atoms with E-state index in [1.165, 1.54) is 0 Å². The van der Waals surface area contributed by atoms with E-state index in [1.54, 1.807) is 51.7 Å². The number of fused-ring (bicyclic) bond motifs is 1. The van der Waals surface area contributed by atoms with Gasteiger partial charge in [-0.25, -0.2) is 5.48 Å². The van der Waals surface area contributed by atoms with Crippen LogP contribution in [0.15, 0.2) is 67.0 Å². The third-order valence-electron chi connectivity index (χ3n) is 4.86. The normalized spacial score (nSPS) is 14.3. The van der Waals surface area contributed by atoms with Crippen LogP contribution >= 0.6 is 0 Å². The number of nitrogens with zero attached hydrogens (tertiary/aromatic N) is 3. The largest absolute Gasteiger partial charge is 0.491 e. The molecule has 148 valence electrons. The van der Waals surface area contributed by atoms with Crippen molar-refractivity contribution in [1.82, 2.24) is 20.2 Å². The second kappa shape index (κ2) is 8.15. The summed E-state index contributed by atoms with van der Waals surface area (Å²) in [6.07, 6.45) is 3.43. The fraction of sp³-hybridized carbons (Fsp3) is 0.190. The second-order valence-electron chi connectivity index (χ2n) is 6.67. The van der Waals surface area contributed by atoms with E-state index in [2.05, 4.69) is 5.10 Å². The molecule has 2 heterocycles. The van der Waals surface area contributed by atoms with Crippen molar-refractivity contribution in [2.45, 2.75) is 12.6 Å². The Morgan fingerprint density at radius 3 is 2.69 bits per heavy atom. The first-order valence-corrected chi connectivity index (χ1v) is 9.20. The fourth-order valence-corrected chi connectivity index (χ4v) is 3.41. The summed E-state index contributed by atoms with van der Waals surface area (Å²) in [5.74, 6) is -0.179. The van der Waals surface area contributed by atoms with Crippen molar-refractivity contribution in [2.75, 3.05) is 13.2 Å². The first kappa shape index (κ1) is 18.7. The Morgan fingerprint density at radius 1 is 1.14 bits per heavy atom. The maximum atomic E-state index is 13.5. The van der Waals surface area contributed by atoms with Crippen molar-refractivity contribution in [3.8, 4) is 5.75 Å². The number of hydrogen-bond donors (Lipinski definition) is 2. The molecule has 4 rings (SSSR count). The first-order valence-electron chi connectivity index (χ1n) is 9.20. The average Bonchev–Trinajstić information content (AvgIpc) is 3.19. The number of ether oxygens (including phenoxy) is 1. The van der Waals surface area contributed by atoms with Gasteiger partial charge >= 0.3 is 0 Å². The summed E-state index contributed by atoms with van der Waals surface area (Å²) in [6, 6.07) is 15.6. The number of rotatable bonds is 4. The second-order valence-corrected chi connectivity index (χ2v) is 6.67. The van der Waals surface area contributed by atoms with Crippen LogP contribution < -0.4 is 10.2 Å². The number of aromatic nitrogens is 2. The van der Waals surface area contributed by atoms with E-state index in [1.807, 2.05) is 30.3 Å². The van der Waals surface area contributed by atoms with Gasteiger partial charge in [0.05, 0.1) is 6.54 Å². The maximum absolute atomic E-state index is 13.5. The molecule has 0 aliphatic carbocycles. The lowest BCUT2D eigenvalue weighted by molar-refractivity contribution is -0.134. The molecule has 1 unspecified atom stereocenters. The molecule has 8 heteroatoms. The Bertz CT molecular complexity index is 1000. The Morgan fingerprint density at radius 2 is 1.97 bits per heavy atom. The van der Waals surface area contributed by atoms with Crippen molar-refractivity contribution in [3.63, 3.8) is 0 Å². The highest BCUT2D eigenvalue weighted by Crippen LogP contribution is 2.27. The summed E-state index contributed by atoms with van der Waals surface area (Å²) in [6.45, 7) is 1.04. The molecule has 1 aliphatic heterocycles. The van der Waals surface area contributed by atoms with Crippen LogP contribution in [0.5, 0.6) is 5.75 Å². The maximum Gasteiger partial charge on any atom is 0.274 e. The minimum absolute atomic E-state index is 0.0893. The molecule has 0 bridgehead atoms. The van der Waals surface area contributed by atoms with Crippen LogP contribution in [0.1, 0.15) is 27.5 Å². The van der Waals surface area contributed by atoms with Gasteiger partial charge in [0, 0.05) is 30.1 Å². The van der Waals surface area contributed by atoms with Crippen LogP contribution in [0.3, 0.4) is 0 Å². The van der Waals surface area contributed by atoms with Gasteiger partial charge in [-0.15, -0.1) is 0 Å². The molecule has 0 saturated carbocycles. The summed E-state index contributed by atoms with van der Waals surface area (Å²) in [5.41, 5.74) is 3.53. The Labute approximate surface area is 167 Å². The zero-order valence-electron chi connectivity index (χ0n) is 15.6. The highest BCUT2D eigenvalue weighted by molar-refractivity contribution is 5.94. The van der Waals surface area contributed by atoms with Gasteiger partial charge in [-0.1, -0.05) is 36.4 Å². The summed E-state index contributed by atoms with van der Waals surface area (Å²) in [4.78, 5) is 26.9. The van der Waals surface area contributed by atoms with E-state index in [0.717, 1.165) is 11.1 Å². The van der Waals surface area contributed by atoms with Gasteiger partial charge < -0.3 is 9.64 Å². The van der Waals surface area contributed by atoms with E-state index in [0.29, 0.717) is 25.4 Å². The zero-order valence-corrected chi connectivity index (χ0v) is 15.6. The molecule has 29 heavy (non-hydrogen) atoms. The van der Waals surface area contributed by atoms with Crippen molar-refractivity contribution >= 4 is 11.8 Å². The number of hydroxylamine groups is 1. The van der Waals surface area contributed by atoms with Gasteiger partial charge in [-0.3, -0.25) is 19.5 Å². The Balaban J connectivity index is 1.63. The summed E-state index contributed by atoms with van der Waals surface area (Å²) in [5, 5.41) is 13.1. The molecule has 2 N–H and O–H groups in total. The van der Waals surface area contributed by atoms with Crippen LogP contribution in [-0.2, 0) is 11.3 Å². The predicted octanol–water partition coefficient (Wildman–Crippen LogP) is 2.01. The quantitative estimate of drug-likeness (QED) is 0.523. The summed E-state index contributed by atoms with van der Waals surface area (Å²) in [7, 11) is 0. The third-order valence-corrected chi connectivity index (χ3v) is 4.86. The number of benzene rings is 2. The van der Waals surface area contributed by atoms with Gasteiger partial charge in [0.15, 0.2) is 6.04 Å². The van der Waals surface area contributed by atoms with Crippen LogP contribution in [0.25, 0.3) is 0 Å². The van der Waals surface area contributed by atoms with E-state index in [-0.39, 0.29) is 11.5 Å². The molecule has 0 spiro atoms. The van der Waals surface area contributed by atoms with Gasteiger partial charge in [-0.05, 0) is 23.8 Å². The lowest BCUT2D eigenvalue weighted by Crippen LogP contribution is -2.39. The van der Waals surface area contributed by atoms with Gasteiger partial charge in [0.25, 0.3) is 11.8 Å². The highest BCUT2D eigenvalue weighted by Gasteiger charge is 2.30. The fourth-order valence-electron chi connectivity index (χ4n) is 3.41. The molecule has 3 aromatic rings. The van der Waals surface area contributed by atoms with E-state index < -0.39 is 11.9 Å². The SMILES string of the molecule is O=C(NO)c1ccc2c(c1)OCCN(C(=O)C(c1ccccc1)n1cccn1)C2. The summed E-state index contributed by atoms with van der Waals surface area (Å²) >= 11 is 0. The Hall–Kier alpha value is -3.65. The molecular weight excluding hydrogens is 372 g/mol. The van der Waals surface area contributed by atoms with Crippen LogP contribution in [0.4, 0.5) is 0 Å². The molecule has 2 amide bonds. The average molecular weight is 392 g/mol. The molecule has 2 aromatic carbocycles. The smallest absolute Gasteiger partial charge is 0.274 e. The topological polar surface area (TPSA) is 96.7 Å². The van der Waals surface area contributed by atoms with Crippen molar-refractivity contribution in [3.05, 3.63) is 83.7 Å². The van der Waals surface area contributed by atoms with E-state index in [4.69, 9.17) is 9.94 Å². The molecule has 8 nitrogen and oxygen atoms in total. The molecule has 0 fully saturated rings. The molecule has 1 aromatic heterocycles. The number of nitrogens with one attached hydrogen (secondary N) is 1. The predicted molar refractivity (Wildman–Crippen MR) is 103 cm³/mol. The van der Waals surface area contributed by atoms with Gasteiger partial charge in [0.1, 0.15) is 12.4 Å². The van der Waals surface area contributed by atoms with Crippen LogP contribution in [0, 0.1) is 0 Å². The molecule has 0 saturated heterocycles. The number of carbonyl (C=O) groups is 2. The number of hydrogen-bond acceptors (Lipinski definition) is 5. The summed E-state index contributed by atoms with van der Waals surface area (Å²) < 4.78 is 7.41. The monoisotopic (exact) mass is 392 g/mol. The third kappa shape index (κ3) is 3.83.